The Labute approximate surface area is 117 Å². The Morgan fingerprint density at radius 2 is 1.85 bits per heavy atom. The zero-order valence-corrected chi connectivity index (χ0v) is 11.8. The lowest BCUT2D eigenvalue weighted by Crippen LogP contribution is -2.35. The van der Waals surface area contributed by atoms with E-state index in [1.165, 1.54) is 0 Å². The van der Waals surface area contributed by atoms with Gasteiger partial charge in [0, 0.05) is 11.8 Å². The summed E-state index contributed by atoms with van der Waals surface area (Å²) in [4.78, 5) is 36.7. The van der Waals surface area contributed by atoms with E-state index in [0.717, 1.165) is 11.2 Å². The number of ether oxygens (including phenoxy) is 1. The summed E-state index contributed by atoms with van der Waals surface area (Å²) in [5, 5.41) is 0. The first-order valence-electron chi connectivity index (χ1n) is 6.38. The second-order valence-corrected chi connectivity index (χ2v) is 5.46. The topological polar surface area (TPSA) is 63.7 Å². The molecule has 1 atom stereocenters. The van der Waals surface area contributed by atoms with Gasteiger partial charge in [-0.25, -0.2) is 0 Å². The number of hydrogen-bond acceptors (Lipinski definition) is 4. The first kappa shape index (κ1) is 14.2. The molecule has 5 heteroatoms. The molecule has 1 aromatic carbocycles. The van der Waals surface area contributed by atoms with Crippen LogP contribution in [0.15, 0.2) is 24.3 Å². The molecule has 0 spiro atoms. The van der Waals surface area contributed by atoms with Crippen molar-refractivity contribution in [3.63, 3.8) is 0 Å². The molecule has 0 saturated carbocycles. The molecule has 0 aliphatic carbocycles. The van der Waals surface area contributed by atoms with Gasteiger partial charge in [0.1, 0.15) is 12.0 Å². The van der Waals surface area contributed by atoms with Crippen LogP contribution < -0.4 is 9.64 Å². The third kappa shape index (κ3) is 2.31. The molecule has 0 aromatic heterocycles. The Balaban J connectivity index is 2.31. The number of imide groups is 1. The number of rotatable bonds is 4. The zero-order chi connectivity index (χ0) is 14.9. The Bertz CT molecular complexity index is 547. The van der Waals surface area contributed by atoms with Crippen LogP contribution in [0, 0.1) is 11.3 Å². The van der Waals surface area contributed by atoms with Crippen LogP contribution in [0.4, 0.5) is 5.69 Å². The standard InChI is InChI=1S/C15H17NO4/c1-15(2,9-17)12-8-13(18)16(14(12)19)10-4-6-11(20-3)7-5-10/h4-7,9,12H,8H2,1-3H3/t12-/m0/s1. The van der Waals surface area contributed by atoms with Crippen LogP contribution >= 0.6 is 0 Å². The zero-order valence-electron chi connectivity index (χ0n) is 11.8. The summed E-state index contributed by atoms with van der Waals surface area (Å²) in [6.07, 6.45) is 0.803. The number of carbonyl (C=O) groups excluding carboxylic acids is 3. The molecular weight excluding hydrogens is 258 g/mol. The van der Waals surface area contributed by atoms with Gasteiger partial charge in [-0.05, 0) is 24.3 Å². The first-order valence-corrected chi connectivity index (χ1v) is 6.38. The normalized spacial score (nSPS) is 19.4. The molecule has 1 aliphatic heterocycles. The summed E-state index contributed by atoms with van der Waals surface area (Å²) >= 11 is 0. The molecule has 1 aliphatic rings. The van der Waals surface area contributed by atoms with Crippen LogP contribution in [0.2, 0.25) is 0 Å². The van der Waals surface area contributed by atoms with E-state index in [-0.39, 0.29) is 18.2 Å². The smallest absolute Gasteiger partial charge is 0.238 e. The molecule has 0 radical (unpaired) electrons. The van der Waals surface area contributed by atoms with E-state index < -0.39 is 11.3 Å². The van der Waals surface area contributed by atoms with Crippen molar-refractivity contribution in [3.05, 3.63) is 24.3 Å². The van der Waals surface area contributed by atoms with Crippen LogP contribution in [0.1, 0.15) is 20.3 Å². The number of aldehydes is 1. The first-order chi connectivity index (χ1) is 9.40. The molecule has 1 heterocycles. The molecule has 106 valence electrons. The predicted molar refractivity (Wildman–Crippen MR) is 73.4 cm³/mol. The fourth-order valence-electron chi connectivity index (χ4n) is 2.30. The maximum atomic E-state index is 12.4. The lowest BCUT2D eigenvalue weighted by Gasteiger charge is -2.23. The molecule has 0 N–H and O–H groups in total. The maximum Gasteiger partial charge on any atom is 0.238 e. The summed E-state index contributed by atoms with van der Waals surface area (Å²) in [5.41, 5.74) is -0.335. The fraction of sp³-hybridized carbons (Fsp3) is 0.400. The predicted octanol–water partition coefficient (Wildman–Crippen LogP) is 1.80. The van der Waals surface area contributed by atoms with Crippen LogP contribution in [0.3, 0.4) is 0 Å². The van der Waals surface area contributed by atoms with Crippen molar-refractivity contribution >= 4 is 23.8 Å². The van der Waals surface area contributed by atoms with Gasteiger partial charge >= 0.3 is 0 Å². The second kappa shape index (κ2) is 5.07. The van der Waals surface area contributed by atoms with Crippen molar-refractivity contribution in [1.82, 2.24) is 0 Å². The van der Waals surface area contributed by atoms with Gasteiger partial charge in [0.25, 0.3) is 0 Å². The van der Waals surface area contributed by atoms with E-state index in [9.17, 15) is 14.4 Å². The largest absolute Gasteiger partial charge is 0.497 e. The highest BCUT2D eigenvalue weighted by Gasteiger charge is 2.47. The Morgan fingerprint density at radius 1 is 1.25 bits per heavy atom. The van der Waals surface area contributed by atoms with Crippen molar-refractivity contribution in [2.24, 2.45) is 11.3 Å². The van der Waals surface area contributed by atoms with E-state index in [4.69, 9.17) is 4.74 Å². The summed E-state index contributed by atoms with van der Waals surface area (Å²) in [6.45, 7) is 3.35. The van der Waals surface area contributed by atoms with Gasteiger partial charge in [-0.3, -0.25) is 14.5 Å². The monoisotopic (exact) mass is 275 g/mol. The average Bonchev–Trinajstić information content (AvgIpc) is 2.75. The Kier molecular flexibility index (Phi) is 3.61. The number of hydrogen-bond donors (Lipinski definition) is 0. The molecule has 1 aromatic rings. The molecule has 2 rings (SSSR count). The van der Waals surface area contributed by atoms with Crippen molar-refractivity contribution in [2.45, 2.75) is 20.3 Å². The molecule has 1 fully saturated rings. The van der Waals surface area contributed by atoms with Crippen LogP contribution in [0.25, 0.3) is 0 Å². The van der Waals surface area contributed by atoms with Gasteiger partial charge in [-0.1, -0.05) is 13.8 Å². The number of nitrogens with zero attached hydrogens (tertiary/aromatic N) is 1. The van der Waals surface area contributed by atoms with E-state index >= 15 is 0 Å². The lowest BCUT2D eigenvalue weighted by molar-refractivity contribution is -0.129. The summed E-state index contributed by atoms with van der Waals surface area (Å²) in [7, 11) is 1.55. The minimum absolute atomic E-state index is 0.0661. The van der Waals surface area contributed by atoms with Gasteiger partial charge in [0.05, 0.1) is 18.7 Å². The Hall–Kier alpha value is -2.17. The van der Waals surface area contributed by atoms with Crippen molar-refractivity contribution in [3.8, 4) is 5.75 Å². The van der Waals surface area contributed by atoms with Crippen LogP contribution in [0.5, 0.6) is 5.75 Å². The van der Waals surface area contributed by atoms with Crippen molar-refractivity contribution in [1.29, 1.82) is 0 Å². The number of anilines is 1. The summed E-state index contributed by atoms with van der Waals surface area (Å²) < 4.78 is 5.04. The van der Waals surface area contributed by atoms with Gasteiger partial charge in [0.2, 0.25) is 11.8 Å². The highest BCUT2D eigenvalue weighted by atomic mass is 16.5. The van der Waals surface area contributed by atoms with Gasteiger partial charge < -0.3 is 9.53 Å². The van der Waals surface area contributed by atoms with Gasteiger partial charge in [-0.2, -0.15) is 0 Å². The minimum atomic E-state index is -0.839. The van der Waals surface area contributed by atoms with Crippen LogP contribution in [-0.2, 0) is 14.4 Å². The molecule has 1 saturated heterocycles. The SMILES string of the molecule is COc1ccc(N2C(=O)C[C@H](C(C)(C)C=O)C2=O)cc1. The third-order valence-electron chi connectivity index (χ3n) is 3.68. The molecule has 0 unspecified atom stereocenters. The number of carbonyl (C=O) groups is 3. The van der Waals surface area contributed by atoms with E-state index in [1.807, 2.05) is 0 Å². The molecule has 5 nitrogen and oxygen atoms in total. The second-order valence-electron chi connectivity index (χ2n) is 5.46. The molecular formula is C15H17NO4. The van der Waals surface area contributed by atoms with Gasteiger partial charge in [0.15, 0.2) is 0 Å². The molecule has 2 amide bonds. The molecule has 0 bridgehead atoms. The maximum absolute atomic E-state index is 12.4. The third-order valence-corrected chi connectivity index (χ3v) is 3.68. The van der Waals surface area contributed by atoms with E-state index in [1.54, 1.807) is 45.2 Å². The lowest BCUT2D eigenvalue weighted by atomic mass is 9.79. The van der Waals surface area contributed by atoms with E-state index in [2.05, 4.69) is 0 Å². The minimum Gasteiger partial charge on any atom is -0.497 e. The Morgan fingerprint density at radius 3 is 2.35 bits per heavy atom. The highest BCUT2D eigenvalue weighted by Crippen LogP contribution is 2.36. The number of amides is 2. The van der Waals surface area contributed by atoms with E-state index in [0.29, 0.717) is 11.4 Å². The average molecular weight is 275 g/mol. The summed E-state index contributed by atoms with van der Waals surface area (Å²) in [5.74, 6) is -0.551. The highest BCUT2D eigenvalue weighted by molar-refractivity contribution is 6.21. The van der Waals surface area contributed by atoms with Gasteiger partial charge in [-0.15, -0.1) is 0 Å². The van der Waals surface area contributed by atoms with Crippen molar-refractivity contribution < 1.29 is 19.1 Å². The quantitative estimate of drug-likeness (QED) is 0.621. The molecule has 20 heavy (non-hydrogen) atoms. The van der Waals surface area contributed by atoms with Crippen LogP contribution in [-0.4, -0.2) is 25.2 Å². The van der Waals surface area contributed by atoms with Crippen molar-refractivity contribution in [2.75, 3.05) is 12.0 Å². The number of methoxy groups -OCH3 is 1. The number of benzene rings is 1. The summed E-state index contributed by atoms with van der Waals surface area (Å²) in [6, 6.07) is 6.69. The fourth-order valence-corrected chi connectivity index (χ4v) is 2.30.